The Labute approximate surface area is 121 Å². The van der Waals surface area contributed by atoms with Crippen LogP contribution in [-0.2, 0) is 0 Å². The molecule has 1 aromatic heterocycles. The van der Waals surface area contributed by atoms with Gasteiger partial charge in [0.05, 0.1) is 16.6 Å². The van der Waals surface area contributed by atoms with Crippen LogP contribution in [0.2, 0.25) is 10.0 Å². The van der Waals surface area contributed by atoms with Crippen LogP contribution in [0.25, 0.3) is 0 Å². The molecule has 1 atom stereocenters. The minimum atomic E-state index is -0.236. The van der Waals surface area contributed by atoms with Gasteiger partial charge >= 0.3 is 0 Å². The van der Waals surface area contributed by atoms with E-state index in [0.717, 1.165) is 5.56 Å². The number of hydrogen-bond donors (Lipinski definition) is 1. The predicted molar refractivity (Wildman–Crippen MR) is 76.6 cm³/mol. The smallest absolute Gasteiger partial charge is 0.253 e. The largest absolute Gasteiger partial charge is 0.345 e. The van der Waals surface area contributed by atoms with Gasteiger partial charge < -0.3 is 5.32 Å². The summed E-state index contributed by atoms with van der Waals surface area (Å²) in [7, 11) is 0. The fourth-order valence-corrected chi connectivity index (χ4v) is 2.10. The van der Waals surface area contributed by atoms with Gasteiger partial charge in [-0.15, -0.1) is 0 Å². The standard InChI is InChI=1S/C14H12Cl2N2O/c1-9(10-3-2-4-11(15)7-10)18-14(19)12-5-6-17-8-13(12)16/h2-9H,1H3,(H,18,19). The molecule has 2 rings (SSSR count). The summed E-state index contributed by atoms with van der Waals surface area (Å²) in [5.41, 5.74) is 1.34. The van der Waals surface area contributed by atoms with E-state index in [9.17, 15) is 4.79 Å². The first-order valence-electron chi connectivity index (χ1n) is 5.74. The topological polar surface area (TPSA) is 42.0 Å². The summed E-state index contributed by atoms with van der Waals surface area (Å²) in [5.74, 6) is -0.236. The van der Waals surface area contributed by atoms with Gasteiger partial charge in [0, 0.05) is 17.4 Å². The van der Waals surface area contributed by atoms with Crippen LogP contribution in [0.5, 0.6) is 0 Å². The molecular formula is C14H12Cl2N2O. The number of rotatable bonds is 3. The molecule has 3 nitrogen and oxygen atoms in total. The zero-order chi connectivity index (χ0) is 13.8. The first-order valence-corrected chi connectivity index (χ1v) is 6.49. The van der Waals surface area contributed by atoms with Gasteiger partial charge in [-0.2, -0.15) is 0 Å². The quantitative estimate of drug-likeness (QED) is 0.933. The molecule has 19 heavy (non-hydrogen) atoms. The number of benzene rings is 1. The Balaban J connectivity index is 2.13. The zero-order valence-electron chi connectivity index (χ0n) is 10.2. The number of nitrogens with one attached hydrogen (secondary N) is 1. The molecule has 2 aromatic rings. The van der Waals surface area contributed by atoms with Gasteiger partial charge in [-0.25, -0.2) is 0 Å². The van der Waals surface area contributed by atoms with Gasteiger partial charge in [0.1, 0.15) is 0 Å². The van der Waals surface area contributed by atoms with E-state index in [-0.39, 0.29) is 11.9 Å². The molecule has 0 aliphatic heterocycles. The lowest BCUT2D eigenvalue weighted by Gasteiger charge is -2.15. The molecule has 0 saturated heterocycles. The molecule has 0 aliphatic rings. The van der Waals surface area contributed by atoms with E-state index in [4.69, 9.17) is 23.2 Å². The van der Waals surface area contributed by atoms with E-state index in [1.54, 1.807) is 12.1 Å². The van der Waals surface area contributed by atoms with Crippen LogP contribution in [0.4, 0.5) is 0 Å². The third-order valence-electron chi connectivity index (χ3n) is 2.71. The fraction of sp³-hybridized carbons (Fsp3) is 0.143. The van der Waals surface area contributed by atoms with Gasteiger partial charge in [-0.3, -0.25) is 9.78 Å². The van der Waals surface area contributed by atoms with E-state index >= 15 is 0 Å². The zero-order valence-corrected chi connectivity index (χ0v) is 11.7. The van der Waals surface area contributed by atoms with Crippen LogP contribution in [0.15, 0.2) is 42.7 Å². The van der Waals surface area contributed by atoms with E-state index in [1.165, 1.54) is 12.4 Å². The maximum absolute atomic E-state index is 12.1. The monoisotopic (exact) mass is 294 g/mol. The van der Waals surface area contributed by atoms with Crippen molar-refractivity contribution < 1.29 is 4.79 Å². The molecule has 0 radical (unpaired) electrons. The Kier molecular flexibility index (Phi) is 4.40. The first-order chi connectivity index (χ1) is 9.08. The molecule has 1 heterocycles. The Bertz CT molecular complexity index is 602. The number of hydrogen-bond acceptors (Lipinski definition) is 2. The van der Waals surface area contributed by atoms with Crippen LogP contribution in [0.1, 0.15) is 28.9 Å². The highest BCUT2D eigenvalue weighted by molar-refractivity contribution is 6.33. The maximum Gasteiger partial charge on any atom is 0.253 e. The summed E-state index contributed by atoms with van der Waals surface area (Å²) >= 11 is 11.9. The second-order valence-electron chi connectivity index (χ2n) is 4.11. The van der Waals surface area contributed by atoms with Crippen LogP contribution in [0.3, 0.4) is 0 Å². The molecule has 1 amide bonds. The molecule has 0 saturated carbocycles. The first kappa shape index (κ1) is 13.8. The number of carbonyl (C=O) groups excluding carboxylic acids is 1. The molecule has 0 bridgehead atoms. The van der Waals surface area contributed by atoms with Crippen molar-refractivity contribution in [3.8, 4) is 0 Å². The Morgan fingerprint density at radius 3 is 2.79 bits per heavy atom. The van der Waals surface area contributed by atoms with E-state index < -0.39 is 0 Å². The third-order valence-corrected chi connectivity index (χ3v) is 3.25. The number of aromatic nitrogens is 1. The van der Waals surface area contributed by atoms with Crippen molar-refractivity contribution in [1.29, 1.82) is 0 Å². The molecule has 5 heteroatoms. The van der Waals surface area contributed by atoms with Crippen LogP contribution in [-0.4, -0.2) is 10.9 Å². The Hall–Kier alpha value is -1.58. The van der Waals surface area contributed by atoms with Crippen LogP contribution < -0.4 is 5.32 Å². The van der Waals surface area contributed by atoms with E-state index in [1.807, 2.05) is 25.1 Å². The summed E-state index contributed by atoms with van der Waals surface area (Å²) in [5, 5.41) is 3.84. The Morgan fingerprint density at radius 2 is 2.11 bits per heavy atom. The third kappa shape index (κ3) is 3.46. The summed E-state index contributed by atoms with van der Waals surface area (Å²) in [4.78, 5) is 15.9. The SMILES string of the molecule is CC(NC(=O)c1ccncc1Cl)c1cccc(Cl)c1. The fourth-order valence-electron chi connectivity index (χ4n) is 1.69. The van der Waals surface area contributed by atoms with Crippen molar-refractivity contribution in [2.45, 2.75) is 13.0 Å². The summed E-state index contributed by atoms with van der Waals surface area (Å²) in [6.07, 6.45) is 2.98. The van der Waals surface area contributed by atoms with Gasteiger partial charge in [0.2, 0.25) is 0 Å². The van der Waals surface area contributed by atoms with Gasteiger partial charge in [-0.05, 0) is 30.7 Å². The second kappa shape index (κ2) is 6.04. The van der Waals surface area contributed by atoms with Crippen molar-refractivity contribution >= 4 is 29.1 Å². The number of halogens is 2. The summed E-state index contributed by atoms with van der Waals surface area (Å²) in [6, 6.07) is 8.79. The van der Waals surface area contributed by atoms with Crippen LogP contribution >= 0.6 is 23.2 Å². The van der Waals surface area contributed by atoms with Crippen molar-refractivity contribution in [1.82, 2.24) is 10.3 Å². The number of carbonyl (C=O) groups is 1. The minimum Gasteiger partial charge on any atom is -0.345 e. The molecule has 1 N–H and O–H groups in total. The molecule has 1 aromatic carbocycles. The van der Waals surface area contributed by atoms with Crippen molar-refractivity contribution in [3.05, 3.63) is 63.9 Å². The number of amides is 1. The van der Waals surface area contributed by atoms with Crippen molar-refractivity contribution in [2.24, 2.45) is 0 Å². The second-order valence-corrected chi connectivity index (χ2v) is 4.95. The average molecular weight is 295 g/mol. The molecular weight excluding hydrogens is 283 g/mol. The Morgan fingerprint density at radius 1 is 1.32 bits per heavy atom. The van der Waals surface area contributed by atoms with Crippen molar-refractivity contribution in [3.63, 3.8) is 0 Å². The van der Waals surface area contributed by atoms with E-state index in [0.29, 0.717) is 15.6 Å². The highest BCUT2D eigenvalue weighted by Crippen LogP contribution is 2.19. The molecule has 98 valence electrons. The molecule has 1 unspecified atom stereocenters. The van der Waals surface area contributed by atoms with Gasteiger partial charge in [0.25, 0.3) is 5.91 Å². The lowest BCUT2D eigenvalue weighted by molar-refractivity contribution is 0.0940. The number of nitrogens with zero attached hydrogens (tertiary/aromatic N) is 1. The normalized spacial score (nSPS) is 11.9. The maximum atomic E-state index is 12.1. The molecule has 0 fully saturated rings. The highest BCUT2D eigenvalue weighted by atomic mass is 35.5. The average Bonchev–Trinajstić information content (AvgIpc) is 2.39. The minimum absolute atomic E-state index is 0.157. The lowest BCUT2D eigenvalue weighted by atomic mass is 10.1. The predicted octanol–water partition coefficient (Wildman–Crippen LogP) is 3.88. The highest BCUT2D eigenvalue weighted by Gasteiger charge is 2.14. The molecule has 0 spiro atoms. The van der Waals surface area contributed by atoms with Gasteiger partial charge in [0.15, 0.2) is 0 Å². The summed E-state index contributed by atoms with van der Waals surface area (Å²) in [6.45, 7) is 1.89. The van der Waals surface area contributed by atoms with Gasteiger partial charge in [-0.1, -0.05) is 35.3 Å². The van der Waals surface area contributed by atoms with E-state index in [2.05, 4.69) is 10.3 Å². The van der Waals surface area contributed by atoms with Crippen LogP contribution in [0, 0.1) is 0 Å². The summed E-state index contributed by atoms with van der Waals surface area (Å²) < 4.78 is 0. The molecule has 0 aliphatic carbocycles. The lowest BCUT2D eigenvalue weighted by Crippen LogP contribution is -2.26. The van der Waals surface area contributed by atoms with Crippen molar-refractivity contribution in [2.75, 3.05) is 0 Å². The number of pyridine rings is 1.